The fourth-order valence-electron chi connectivity index (χ4n) is 5.07. The Hall–Kier alpha value is -2.32. The molecule has 0 heterocycles. The zero-order valence-electron chi connectivity index (χ0n) is 23.1. The smallest absolute Gasteiger partial charge is 0.122 e. The fraction of sp³-hybridized carbons (Fsp3) is 0.515. The van der Waals surface area contributed by atoms with Gasteiger partial charge in [0.05, 0.1) is 0 Å². The molecule has 3 rings (SSSR count). The van der Waals surface area contributed by atoms with Gasteiger partial charge in [-0.25, -0.2) is 0 Å². The van der Waals surface area contributed by atoms with Crippen LogP contribution in [-0.4, -0.2) is 10.6 Å². The van der Waals surface area contributed by atoms with Gasteiger partial charge in [-0.05, 0) is 104 Å². The van der Waals surface area contributed by atoms with Gasteiger partial charge in [-0.1, -0.05) is 76.4 Å². The standard InChI is InChI=1S/C33H47NO/c1-7-10-17-27-30(23-34-33(4,5)6)28(18-11-8-2)32(35)29(19-12-9-3)31(27)26-21-20-24-15-13-14-16-25(24)22-26/h13-16,20-22,34-35H,7-12,17-19,23H2,1-6H3. The molecule has 2 N–H and O–H groups in total. The number of unbranched alkanes of at least 4 members (excludes halogenated alkanes) is 3. The fourth-order valence-corrected chi connectivity index (χ4v) is 5.07. The van der Waals surface area contributed by atoms with Crippen LogP contribution in [0.2, 0.25) is 0 Å². The predicted molar refractivity (Wildman–Crippen MR) is 153 cm³/mol. The molecule has 0 aromatic heterocycles. The lowest BCUT2D eigenvalue weighted by Gasteiger charge is -2.28. The van der Waals surface area contributed by atoms with Crippen molar-refractivity contribution in [3.63, 3.8) is 0 Å². The minimum atomic E-state index is 0.0175. The summed E-state index contributed by atoms with van der Waals surface area (Å²) in [4.78, 5) is 0. The van der Waals surface area contributed by atoms with Crippen LogP contribution in [0.25, 0.3) is 21.9 Å². The molecule has 3 aromatic carbocycles. The summed E-state index contributed by atoms with van der Waals surface area (Å²) >= 11 is 0. The van der Waals surface area contributed by atoms with Gasteiger partial charge < -0.3 is 10.4 Å². The second kappa shape index (κ2) is 12.6. The van der Waals surface area contributed by atoms with E-state index in [4.69, 9.17) is 0 Å². The van der Waals surface area contributed by atoms with Crippen LogP contribution in [0.15, 0.2) is 42.5 Å². The maximum absolute atomic E-state index is 11.8. The maximum Gasteiger partial charge on any atom is 0.122 e. The molecule has 0 aliphatic heterocycles. The molecular weight excluding hydrogens is 426 g/mol. The van der Waals surface area contributed by atoms with E-state index in [0.717, 1.165) is 57.9 Å². The molecule has 35 heavy (non-hydrogen) atoms. The van der Waals surface area contributed by atoms with Crippen molar-refractivity contribution < 1.29 is 5.11 Å². The highest BCUT2D eigenvalue weighted by Gasteiger charge is 2.25. The van der Waals surface area contributed by atoms with Gasteiger partial charge in [0.25, 0.3) is 0 Å². The average Bonchev–Trinajstić information content (AvgIpc) is 2.84. The third kappa shape index (κ3) is 6.88. The molecule has 0 saturated carbocycles. The molecule has 0 bridgehead atoms. The van der Waals surface area contributed by atoms with E-state index in [1.165, 1.54) is 50.6 Å². The highest BCUT2D eigenvalue weighted by Crippen LogP contribution is 2.42. The first-order valence-electron chi connectivity index (χ1n) is 13.9. The van der Waals surface area contributed by atoms with Crippen molar-refractivity contribution in [2.45, 2.75) is 111 Å². The minimum Gasteiger partial charge on any atom is -0.507 e. The van der Waals surface area contributed by atoms with E-state index in [-0.39, 0.29) is 5.54 Å². The number of nitrogens with one attached hydrogen (secondary N) is 1. The first-order valence-corrected chi connectivity index (χ1v) is 13.9. The van der Waals surface area contributed by atoms with Crippen molar-refractivity contribution in [2.24, 2.45) is 0 Å². The summed E-state index contributed by atoms with van der Waals surface area (Å²) in [6.45, 7) is 14.2. The number of aromatic hydroxyl groups is 1. The molecule has 0 unspecified atom stereocenters. The Kier molecular flexibility index (Phi) is 9.80. The van der Waals surface area contributed by atoms with Crippen molar-refractivity contribution in [1.29, 1.82) is 0 Å². The molecule has 0 fully saturated rings. The van der Waals surface area contributed by atoms with Crippen molar-refractivity contribution in [2.75, 3.05) is 0 Å². The average molecular weight is 474 g/mol. The molecule has 0 amide bonds. The number of phenols is 1. The largest absolute Gasteiger partial charge is 0.507 e. The van der Waals surface area contributed by atoms with Gasteiger partial charge in [0, 0.05) is 17.6 Å². The third-order valence-electron chi connectivity index (χ3n) is 7.08. The second-order valence-corrected chi connectivity index (χ2v) is 11.1. The second-order valence-electron chi connectivity index (χ2n) is 11.1. The van der Waals surface area contributed by atoms with Crippen LogP contribution in [0.3, 0.4) is 0 Å². The molecule has 190 valence electrons. The van der Waals surface area contributed by atoms with E-state index in [1.54, 1.807) is 0 Å². The molecule has 0 radical (unpaired) electrons. The van der Waals surface area contributed by atoms with E-state index in [1.807, 2.05) is 0 Å². The van der Waals surface area contributed by atoms with Crippen LogP contribution in [0.4, 0.5) is 0 Å². The minimum absolute atomic E-state index is 0.0175. The van der Waals surface area contributed by atoms with Gasteiger partial charge in [0.2, 0.25) is 0 Å². The van der Waals surface area contributed by atoms with E-state index < -0.39 is 0 Å². The summed E-state index contributed by atoms with van der Waals surface area (Å²) in [5, 5.41) is 18.1. The van der Waals surface area contributed by atoms with Gasteiger partial charge in [-0.3, -0.25) is 0 Å². The summed E-state index contributed by atoms with van der Waals surface area (Å²) < 4.78 is 0. The SMILES string of the molecule is CCCCc1c(O)c(CCCC)c(-c2ccc3ccccc3c2)c(CCCC)c1CNC(C)(C)C. The number of hydrogen-bond donors (Lipinski definition) is 2. The summed E-state index contributed by atoms with van der Waals surface area (Å²) in [6.07, 6.45) is 9.70. The molecule has 0 aliphatic carbocycles. The Bertz CT molecular complexity index is 1110. The van der Waals surface area contributed by atoms with Gasteiger partial charge in [0.15, 0.2) is 0 Å². The molecular formula is C33H47NO. The predicted octanol–water partition coefficient (Wildman–Crippen LogP) is 9.13. The summed E-state index contributed by atoms with van der Waals surface area (Å²) in [5.41, 5.74) is 7.70. The van der Waals surface area contributed by atoms with Crippen LogP contribution in [0.1, 0.15) is 102 Å². The van der Waals surface area contributed by atoms with Crippen LogP contribution in [0, 0.1) is 0 Å². The Morgan fingerprint density at radius 1 is 0.686 bits per heavy atom. The molecule has 0 aliphatic rings. The highest BCUT2D eigenvalue weighted by atomic mass is 16.3. The molecule has 3 aromatic rings. The number of rotatable bonds is 12. The van der Waals surface area contributed by atoms with Crippen LogP contribution < -0.4 is 5.32 Å². The quantitative estimate of drug-likeness (QED) is 0.275. The zero-order valence-corrected chi connectivity index (χ0v) is 23.1. The lowest BCUT2D eigenvalue weighted by Crippen LogP contribution is -2.35. The molecule has 0 spiro atoms. The lowest BCUT2D eigenvalue weighted by atomic mass is 9.81. The summed E-state index contributed by atoms with van der Waals surface area (Å²) in [7, 11) is 0. The van der Waals surface area contributed by atoms with Gasteiger partial charge >= 0.3 is 0 Å². The normalized spacial score (nSPS) is 11.9. The van der Waals surface area contributed by atoms with Gasteiger partial charge in [0.1, 0.15) is 5.75 Å². The summed E-state index contributed by atoms with van der Waals surface area (Å²) in [6, 6.07) is 15.5. The van der Waals surface area contributed by atoms with Gasteiger partial charge in [-0.2, -0.15) is 0 Å². The maximum atomic E-state index is 11.8. The van der Waals surface area contributed by atoms with Crippen molar-refractivity contribution >= 4 is 10.8 Å². The number of hydrogen-bond acceptors (Lipinski definition) is 2. The van der Waals surface area contributed by atoms with E-state index in [2.05, 4.69) is 89.3 Å². The van der Waals surface area contributed by atoms with Crippen LogP contribution in [-0.2, 0) is 25.8 Å². The van der Waals surface area contributed by atoms with Crippen molar-refractivity contribution in [1.82, 2.24) is 5.32 Å². The lowest BCUT2D eigenvalue weighted by molar-refractivity contribution is 0.418. The first-order chi connectivity index (χ1) is 16.8. The number of benzene rings is 3. The third-order valence-corrected chi connectivity index (χ3v) is 7.08. The van der Waals surface area contributed by atoms with E-state index in [9.17, 15) is 5.11 Å². The summed E-state index contributed by atoms with van der Waals surface area (Å²) in [5.74, 6) is 0.556. The molecule has 0 atom stereocenters. The van der Waals surface area contributed by atoms with Crippen molar-refractivity contribution in [3.8, 4) is 16.9 Å². The molecule has 2 nitrogen and oxygen atoms in total. The topological polar surface area (TPSA) is 32.3 Å². The Morgan fingerprint density at radius 2 is 1.26 bits per heavy atom. The highest BCUT2D eigenvalue weighted by molar-refractivity contribution is 5.89. The van der Waals surface area contributed by atoms with E-state index >= 15 is 0 Å². The van der Waals surface area contributed by atoms with Crippen LogP contribution >= 0.6 is 0 Å². The molecule has 2 heteroatoms. The first kappa shape index (κ1) is 27.3. The Balaban J connectivity index is 2.33. The van der Waals surface area contributed by atoms with Crippen molar-refractivity contribution in [3.05, 3.63) is 64.7 Å². The zero-order chi connectivity index (χ0) is 25.4. The Morgan fingerprint density at radius 3 is 1.86 bits per heavy atom. The van der Waals surface area contributed by atoms with Gasteiger partial charge in [-0.15, -0.1) is 0 Å². The molecule has 0 saturated heterocycles. The number of phenolic OH excluding ortho intramolecular Hbond substituents is 1. The number of fused-ring (bicyclic) bond motifs is 1. The monoisotopic (exact) mass is 473 g/mol. The van der Waals surface area contributed by atoms with Crippen LogP contribution in [0.5, 0.6) is 5.75 Å². The van der Waals surface area contributed by atoms with E-state index in [0.29, 0.717) is 5.75 Å². The Labute approximate surface area is 214 Å².